The minimum absolute atomic E-state index is 0.388. The number of hydrogen-bond donors (Lipinski definition) is 2. The average Bonchev–Trinajstić information content (AvgIpc) is 2.58. The Hall–Kier alpha value is -2.33. The van der Waals surface area contributed by atoms with Crippen LogP contribution in [0.25, 0.3) is 0 Å². The molecular formula is C18H21NO3. The largest absolute Gasteiger partial charge is 0.497 e. The van der Waals surface area contributed by atoms with E-state index in [1.807, 2.05) is 18.2 Å². The summed E-state index contributed by atoms with van der Waals surface area (Å²) in [7, 11) is 1.55. The van der Waals surface area contributed by atoms with Gasteiger partial charge in [0.25, 0.3) is 5.91 Å². The number of benzene rings is 2. The fourth-order valence-corrected chi connectivity index (χ4v) is 2.21. The molecule has 0 saturated heterocycles. The normalized spacial score (nSPS) is 11.7. The first-order valence-electron chi connectivity index (χ1n) is 7.34. The van der Waals surface area contributed by atoms with E-state index in [0.717, 1.165) is 12.8 Å². The molecule has 0 aliphatic carbocycles. The van der Waals surface area contributed by atoms with Crippen molar-refractivity contribution in [1.82, 2.24) is 5.32 Å². The summed E-state index contributed by atoms with van der Waals surface area (Å²) in [5.41, 5.74) is 1.77. The summed E-state index contributed by atoms with van der Waals surface area (Å²) in [6.45, 7) is 0.536. The average molecular weight is 299 g/mol. The highest BCUT2D eigenvalue weighted by Crippen LogP contribution is 2.19. The molecule has 0 saturated carbocycles. The number of carbonyl (C=O) groups is 1. The number of carbonyl (C=O) groups excluding carboxylic acids is 1. The van der Waals surface area contributed by atoms with Crippen LogP contribution in [0.4, 0.5) is 0 Å². The number of aliphatic hydroxyl groups is 1. The van der Waals surface area contributed by atoms with Gasteiger partial charge in [0, 0.05) is 6.54 Å². The van der Waals surface area contributed by atoms with Crippen LogP contribution in [0.3, 0.4) is 0 Å². The van der Waals surface area contributed by atoms with E-state index in [9.17, 15) is 9.90 Å². The SMILES string of the molecule is COc1cccc(C(O)C(=O)NCCCc2ccccc2)c1. The lowest BCUT2D eigenvalue weighted by Crippen LogP contribution is -2.30. The fraction of sp³-hybridized carbons (Fsp3) is 0.278. The van der Waals surface area contributed by atoms with Crippen LogP contribution in [0, 0.1) is 0 Å². The molecule has 4 heteroatoms. The van der Waals surface area contributed by atoms with E-state index in [0.29, 0.717) is 17.9 Å². The highest BCUT2D eigenvalue weighted by molar-refractivity contribution is 5.81. The zero-order valence-corrected chi connectivity index (χ0v) is 12.7. The Morgan fingerprint density at radius 1 is 1.18 bits per heavy atom. The second kappa shape index (κ2) is 8.20. The van der Waals surface area contributed by atoms with Gasteiger partial charge < -0.3 is 15.2 Å². The number of aliphatic hydroxyl groups excluding tert-OH is 1. The highest BCUT2D eigenvalue weighted by Gasteiger charge is 2.17. The molecule has 0 aliphatic heterocycles. The van der Waals surface area contributed by atoms with Crippen LogP contribution in [0.1, 0.15) is 23.7 Å². The molecule has 2 rings (SSSR count). The number of rotatable bonds is 7. The van der Waals surface area contributed by atoms with Crippen LogP contribution in [0.15, 0.2) is 54.6 Å². The lowest BCUT2D eigenvalue weighted by molar-refractivity contribution is -0.129. The number of aryl methyl sites for hydroxylation is 1. The molecule has 2 N–H and O–H groups in total. The van der Waals surface area contributed by atoms with Crippen molar-refractivity contribution in [3.8, 4) is 5.75 Å². The summed E-state index contributed by atoms with van der Waals surface area (Å²) in [6.07, 6.45) is 0.559. The van der Waals surface area contributed by atoms with Crippen LogP contribution in [0.5, 0.6) is 5.75 Å². The lowest BCUT2D eigenvalue weighted by Gasteiger charge is -2.12. The number of ether oxygens (including phenoxy) is 1. The van der Waals surface area contributed by atoms with Crippen molar-refractivity contribution in [1.29, 1.82) is 0 Å². The van der Waals surface area contributed by atoms with E-state index in [2.05, 4.69) is 17.4 Å². The Bertz CT molecular complexity index is 598. The highest BCUT2D eigenvalue weighted by atomic mass is 16.5. The Labute approximate surface area is 130 Å². The Morgan fingerprint density at radius 3 is 2.68 bits per heavy atom. The first kappa shape index (κ1) is 16.0. The van der Waals surface area contributed by atoms with Gasteiger partial charge in [0.15, 0.2) is 6.10 Å². The van der Waals surface area contributed by atoms with Crippen LogP contribution in [0.2, 0.25) is 0 Å². The maximum Gasteiger partial charge on any atom is 0.253 e. The van der Waals surface area contributed by atoms with Gasteiger partial charge in [0.2, 0.25) is 0 Å². The maximum absolute atomic E-state index is 12.0. The van der Waals surface area contributed by atoms with Crippen LogP contribution in [-0.4, -0.2) is 24.7 Å². The minimum atomic E-state index is -1.17. The van der Waals surface area contributed by atoms with Gasteiger partial charge in [-0.1, -0.05) is 42.5 Å². The van der Waals surface area contributed by atoms with Crippen molar-refractivity contribution in [2.24, 2.45) is 0 Å². The van der Waals surface area contributed by atoms with Crippen LogP contribution >= 0.6 is 0 Å². The quantitative estimate of drug-likeness (QED) is 0.772. The van der Waals surface area contributed by atoms with E-state index < -0.39 is 6.10 Å². The Balaban J connectivity index is 1.79. The second-order valence-corrected chi connectivity index (χ2v) is 5.06. The predicted octanol–water partition coefficient (Wildman–Crippen LogP) is 2.48. The molecule has 0 heterocycles. The van der Waals surface area contributed by atoms with Gasteiger partial charge in [0.05, 0.1) is 7.11 Å². The molecule has 1 unspecified atom stereocenters. The van der Waals surface area contributed by atoms with Gasteiger partial charge in [-0.25, -0.2) is 0 Å². The molecule has 2 aromatic rings. The standard InChI is InChI=1S/C18H21NO3/c1-22-16-11-5-10-15(13-16)17(20)18(21)19-12-6-9-14-7-3-2-4-8-14/h2-5,7-8,10-11,13,17,20H,6,9,12H2,1H3,(H,19,21). The van der Waals surface area contributed by atoms with Crippen molar-refractivity contribution in [2.45, 2.75) is 18.9 Å². The first-order valence-corrected chi connectivity index (χ1v) is 7.34. The van der Waals surface area contributed by atoms with E-state index >= 15 is 0 Å². The number of amides is 1. The molecule has 1 atom stereocenters. The van der Waals surface area contributed by atoms with Gasteiger partial charge in [-0.15, -0.1) is 0 Å². The number of methoxy groups -OCH3 is 1. The Morgan fingerprint density at radius 2 is 1.95 bits per heavy atom. The molecule has 0 bridgehead atoms. The summed E-state index contributed by atoms with van der Waals surface area (Å²) in [5.74, 6) is 0.231. The molecule has 22 heavy (non-hydrogen) atoms. The van der Waals surface area contributed by atoms with Gasteiger partial charge in [-0.2, -0.15) is 0 Å². The Kier molecular flexibility index (Phi) is 5.98. The van der Waals surface area contributed by atoms with Gasteiger partial charge in [-0.3, -0.25) is 4.79 Å². The molecule has 0 spiro atoms. The predicted molar refractivity (Wildman–Crippen MR) is 85.7 cm³/mol. The van der Waals surface area contributed by atoms with E-state index in [4.69, 9.17) is 4.74 Å². The van der Waals surface area contributed by atoms with Crippen LogP contribution < -0.4 is 10.1 Å². The van der Waals surface area contributed by atoms with E-state index in [1.165, 1.54) is 5.56 Å². The second-order valence-electron chi connectivity index (χ2n) is 5.06. The fourth-order valence-electron chi connectivity index (χ4n) is 2.21. The summed E-state index contributed by atoms with van der Waals surface area (Å²) >= 11 is 0. The van der Waals surface area contributed by atoms with Crippen molar-refractivity contribution in [3.63, 3.8) is 0 Å². The molecule has 0 aliphatic rings. The van der Waals surface area contributed by atoms with Crippen LogP contribution in [-0.2, 0) is 11.2 Å². The molecular weight excluding hydrogens is 278 g/mol. The number of hydrogen-bond acceptors (Lipinski definition) is 3. The summed E-state index contributed by atoms with van der Waals surface area (Å²) in [6, 6.07) is 17.0. The van der Waals surface area contributed by atoms with Gasteiger partial charge in [-0.05, 0) is 36.1 Å². The molecule has 4 nitrogen and oxygen atoms in total. The third-order valence-electron chi connectivity index (χ3n) is 3.44. The monoisotopic (exact) mass is 299 g/mol. The van der Waals surface area contributed by atoms with Gasteiger partial charge in [0.1, 0.15) is 5.75 Å². The molecule has 116 valence electrons. The zero-order valence-electron chi connectivity index (χ0n) is 12.7. The van der Waals surface area contributed by atoms with Crippen molar-refractivity contribution in [3.05, 3.63) is 65.7 Å². The first-order chi connectivity index (χ1) is 10.7. The van der Waals surface area contributed by atoms with Crippen molar-refractivity contribution >= 4 is 5.91 Å². The van der Waals surface area contributed by atoms with Crippen molar-refractivity contribution < 1.29 is 14.6 Å². The smallest absolute Gasteiger partial charge is 0.253 e. The van der Waals surface area contributed by atoms with Gasteiger partial charge >= 0.3 is 0 Å². The topological polar surface area (TPSA) is 58.6 Å². The molecule has 1 amide bonds. The van der Waals surface area contributed by atoms with Crippen molar-refractivity contribution in [2.75, 3.05) is 13.7 Å². The third kappa shape index (κ3) is 4.60. The number of nitrogens with one attached hydrogen (secondary N) is 1. The minimum Gasteiger partial charge on any atom is -0.497 e. The van der Waals surface area contributed by atoms with E-state index in [-0.39, 0.29) is 5.91 Å². The molecule has 0 radical (unpaired) electrons. The summed E-state index contributed by atoms with van der Waals surface area (Å²) in [5, 5.41) is 12.8. The summed E-state index contributed by atoms with van der Waals surface area (Å²) < 4.78 is 5.09. The zero-order chi connectivity index (χ0) is 15.8. The molecule has 0 fully saturated rings. The lowest BCUT2D eigenvalue weighted by atomic mass is 10.1. The third-order valence-corrected chi connectivity index (χ3v) is 3.44. The summed E-state index contributed by atoms with van der Waals surface area (Å²) in [4.78, 5) is 12.0. The molecule has 0 aromatic heterocycles. The molecule has 2 aromatic carbocycles. The van der Waals surface area contributed by atoms with E-state index in [1.54, 1.807) is 31.4 Å². The maximum atomic E-state index is 12.0.